The number of aromatic amines is 1. The molecule has 5 heteroatoms. The zero-order chi connectivity index (χ0) is 11.9. The predicted molar refractivity (Wildman–Crippen MR) is 60.7 cm³/mol. The van der Waals surface area contributed by atoms with Gasteiger partial charge < -0.3 is 4.98 Å². The van der Waals surface area contributed by atoms with E-state index in [9.17, 15) is 14.9 Å². The van der Waals surface area contributed by atoms with Gasteiger partial charge in [-0.15, -0.1) is 0 Å². The van der Waals surface area contributed by atoms with E-state index in [0.29, 0.717) is 22.2 Å². The van der Waals surface area contributed by atoms with Crippen molar-refractivity contribution in [3.05, 3.63) is 49.8 Å². The molecule has 82 valence electrons. The van der Waals surface area contributed by atoms with Crippen molar-refractivity contribution in [3.8, 4) is 0 Å². The van der Waals surface area contributed by atoms with Gasteiger partial charge in [0.2, 0.25) is 0 Å². The summed E-state index contributed by atoms with van der Waals surface area (Å²) in [6, 6.07) is 4.49. The SMILES string of the molecule is Cc1[nH]c2c([N+](=O)[O-])cccc2c(=O)c1C. The van der Waals surface area contributed by atoms with Gasteiger partial charge in [-0.25, -0.2) is 0 Å². The number of benzene rings is 1. The molecule has 0 fully saturated rings. The summed E-state index contributed by atoms with van der Waals surface area (Å²) in [5, 5.41) is 11.2. The number of non-ortho nitro benzene ring substituents is 1. The first-order valence-electron chi connectivity index (χ1n) is 4.79. The molecule has 0 saturated heterocycles. The lowest BCUT2D eigenvalue weighted by molar-refractivity contribution is -0.383. The molecule has 0 spiro atoms. The van der Waals surface area contributed by atoms with Crippen molar-refractivity contribution >= 4 is 16.6 Å². The average molecular weight is 218 g/mol. The lowest BCUT2D eigenvalue weighted by atomic mass is 10.1. The minimum Gasteiger partial charge on any atom is -0.353 e. The number of H-pyrrole nitrogens is 1. The molecule has 0 amide bonds. The van der Waals surface area contributed by atoms with Gasteiger partial charge in [0.15, 0.2) is 5.43 Å². The third-order valence-electron chi connectivity index (χ3n) is 2.70. The molecule has 1 N–H and O–H groups in total. The molecule has 1 aromatic heterocycles. The Morgan fingerprint density at radius 3 is 2.62 bits per heavy atom. The molecule has 1 heterocycles. The first kappa shape index (κ1) is 10.4. The van der Waals surface area contributed by atoms with Crippen LogP contribution in [0.3, 0.4) is 0 Å². The molecule has 0 saturated carbocycles. The summed E-state index contributed by atoms with van der Waals surface area (Å²) < 4.78 is 0. The van der Waals surface area contributed by atoms with E-state index < -0.39 is 4.92 Å². The molecule has 0 unspecified atom stereocenters. The van der Waals surface area contributed by atoms with E-state index in [4.69, 9.17) is 0 Å². The number of nitrogens with one attached hydrogen (secondary N) is 1. The van der Waals surface area contributed by atoms with Crippen molar-refractivity contribution in [1.82, 2.24) is 4.98 Å². The first-order chi connectivity index (χ1) is 7.52. The van der Waals surface area contributed by atoms with E-state index in [2.05, 4.69) is 4.98 Å². The van der Waals surface area contributed by atoms with E-state index >= 15 is 0 Å². The Morgan fingerprint density at radius 2 is 2.00 bits per heavy atom. The van der Waals surface area contributed by atoms with Gasteiger partial charge >= 0.3 is 0 Å². The first-order valence-corrected chi connectivity index (χ1v) is 4.79. The summed E-state index contributed by atoms with van der Waals surface area (Å²) in [7, 11) is 0. The van der Waals surface area contributed by atoms with Crippen LogP contribution in [0.2, 0.25) is 0 Å². The van der Waals surface area contributed by atoms with Crippen LogP contribution in [0, 0.1) is 24.0 Å². The molecule has 0 aliphatic carbocycles. The molecule has 0 radical (unpaired) electrons. The van der Waals surface area contributed by atoms with Crippen LogP contribution >= 0.6 is 0 Å². The van der Waals surface area contributed by atoms with Crippen molar-refractivity contribution in [2.45, 2.75) is 13.8 Å². The largest absolute Gasteiger partial charge is 0.353 e. The minimum atomic E-state index is -0.493. The number of aromatic nitrogens is 1. The van der Waals surface area contributed by atoms with Crippen molar-refractivity contribution in [3.63, 3.8) is 0 Å². The van der Waals surface area contributed by atoms with Crippen LogP contribution in [0.4, 0.5) is 5.69 Å². The maximum absolute atomic E-state index is 11.9. The normalized spacial score (nSPS) is 10.6. The monoisotopic (exact) mass is 218 g/mol. The molecular weight excluding hydrogens is 208 g/mol. The lowest BCUT2D eigenvalue weighted by Crippen LogP contribution is -2.10. The highest BCUT2D eigenvalue weighted by Crippen LogP contribution is 2.22. The van der Waals surface area contributed by atoms with Crippen LogP contribution in [0.15, 0.2) is 23.0 Å². The molecule has 0 aliphatic heterocycles. The van der Waals surface area contributed by atoms with Gasteiger partial charge in [0, 0.05) is 17.3 Å². The van der Waals surface area contributed by atoms with Crippen molar-refractivity contribution < 1.29 is 4.92 Å². The average Bonchev–Trinajstić information content (AvgIpc) is 2.25. The van der Waals surface area contributed by atoms with Gasteiger partial charge in [0.25, 0.3) is 5.69 Å². The highest BCUT2D eigenvalue weighted by Gasteiger charge is 2.15. The molecular formula is C11H10N2O3. The standard InChI is InChI=1S/C11H10N2O3/c1-6-7(2)12-10-8(11(6)14)4-3-5-9(10)13(15)16/h3-5H,1-2H3,(H,12,14). The Morgan fingerprint density at radius 1 is 1.31 bits per heavy atom. The summed E-state index contributed by atoms with van der Waals surface area (Å²) in [4.78, 5) is 25.1. The minimum absolute atomic E-state index is 0.0716. The van der Waals surface area contributed by atoms with Gasteiger partial charge in [-0.1, -0.05) is 6.07 Å². The molecule has 2 aromatic rings. The fourth-order valence-corrected chi connectivity index (χ4v) is 1.67. The van der Waals surface area contributed by atoms with Crippen LogP contribution < -0.4 is 5.43 Å². The van der Waals surface area contributed by atoms with Gasteiger partial charge in [-0.05, 0) is 19.9 Å². The van der Waals surface area contributed by atoms with Crippen LogP contribution in [0.1, 0.15) is 11.3 Å². The highest BCUT2D eigenvalue weighted by atomic mass is 16.6. The Bertz CT molecular complexity index is 643. The summed E-state index contributed by atoms with van der Waals surface area (Å²) >= 11 is 0. The van der Waals surface area contributed by atoms with E-state index in [1.54, 1.807) is 19.9 Å². The maximum Gasteiger partial charge on any atom is 0.293 e. The Hall–Kier alpha value is -2.17. The number of nitrogens with zero attached hydrogens (tertiary/aromatic N) is 1. The lowest BCUT2D eigenvalue weighted by Gasteiger charge is -2.04. The molecule has 0 aliphatic rings. The fourth-order valence-electron chi connectivity index (χ4n) is 1.67. The molecule has 1 aromatic carbocycles. The molecule has 0 atom stereocenters. The summed E-state index contributed by atoms with van der Waals surface area (Å²) in [5.41, 5.74) is 1.31. The smallest absolute Gasteiger partial charge is 0.293 e. The van der Waals surface area contributed by atoms with Crippen LogP contribution in [-0.2, 0) is 0 Å². The second-order valence-corrected chi connectivity index (χ2v) is 3.66. The van der Waals surface area contributed by atoms with E-state index in [0.717, 1.165) is 0 Å². The maximum atomic E-state index is 11.9. The van der Waals surface area contributed by atoms with Gasteiger partial charge in [0.05, 0.1) is 10.3 Å². The highest BCUT2D eigenvalue weighted by molar-refractivity contribution is 5.87. The number of hydrogen-bond acceptors (Lipinski definition) is 3. The van der Waals surface area contributed by atoms with Gasteiger partial charge in [-0.3, -0.25) is 14.9 Å². The summed E-state index contributed by atoms with van der Waals surface area (Å²) in [6.07, 6.45) is 0. The predicted octanol–water partition coefficient (Wildman–Crippen LogP) is 2.05. The van der Waals surface area contributed by atoms with Crippen molar-refractivity contribution in [1.29, 1.82) is 0 Å². The number of aryl methyl sites for hydroxylation is 1. The Kier molecular flexibility index (Phi) is 2.23. The summed E-state index contributed by atoms with van der Waals surface area (Å²) in [5.74, 6) is 0. The van der Waals surface area contributed by atoms with Crippen molar-refractivity contribution in [2.24, 2.45) is 0 Å². The molecule has 0 bridgehead atoms. The third kappa shape index (κ3) is 1.37. The number of pyridine rings is 1. The second kappa shape index (κ2) is 3.44. The quantitative estimate of drug-likeness (QED) is 0.587. The number of hydrogen-bond donors (Lipinski definition) is 1. The number of para-hydroxylation sites is 1. The Labute approximate surface area is 90.9 Å². The van der Waals surface area contributed by atoms with E-state index in [-0.39, 0.29) is 11.1 Å². The molecule has 2 rings (SSSR count). The van der Waals surface area contributed by atoms with Crippen LogP contribution in [0.5, 0.6) is 0 Å². The molecule has 5 nitrogen and oxygen atoms in total. The fraction of sp³-hybridized carbons (Fsp3) is 0.182. The third-order valence-corrected chi connectivity index (χ3v) is 2.70. The zero-order valence-corrected chi connectivity index (χ0v) is 8.90. The number of nitro groups is 1. The van der Waals surface area contributed by atoms with E-state index in [1.807, 2.05) is 0 Å². The molecule has 16 heavy (non-hydrogen) atoms. The second-order valence-electron chi connectivity index (χ2n) is 3.66. The number of fused-ring (bicyclic) bond motifs is 1. The zero-order valence-electron chi connectivity index (χ0n) is 8.90. The summed E-state index contributed by atoms with van der Waals surface area (Å²) in [6.45, 7) is 3.43. The Balaban J connectivity index is 3.01. The van der Waals surface area contributed by atoms with E-state index in [1.165, 1.54) is 12.1 Å². The number of nitro benzene ring substituents is 1. The van der Waals surface area contributed by atoms with Crippen LogP contribution in [0.25, 0.3) is 10.9 Å². The van der Waals surface area contributed by atoms with Crippen LogP contribution in [-0.4, -0.2) is 9.91 Å². The van der Waals surface area contributed by atoms with Gasteiger partial charge in [-0.2, -0.15) is 0 Å². The van der Waals surface area contributed by atoms with Gasteiger partial charge in [0.1, 0.15) is 5.52 Å². The number of rotatable bonds is 1. The van der Waals surface area contributed by atoms with Crippen molar-refractivity contribution in [2.75, 3.05) is 0 Å². The topological polar surface area (TPSA) is 76.0 Å².